The molecule has 1 unspecified atom stereocenters. The fourth-order valence-electron chi connectivity index (χ4n) is 2.05. The van der Waals surface area contributed by atoms with Crippen molar-refractivity contribution in [2.45, 2.75) is 13.0 Å². The van der Waals surface area contributed by atoms with Crippen LogP contribution in [-0.2, 0) is 0 Å². The van der Waals surface area contributed by atoms with Gasteiger partial charge in [0.2, 0.25) is 0 Å². The van der Waals surface area contributed by atoms with Crippen molar-refractivity contribution < 1.29 is 4.92 Å². The highest BCUT2D eigenvalue weighted by atomic mass is 16.6. The second-order valence-electron chi connectivity index (χ2n) is 4.30. The average molecular weight is 233 g/mol. The molecule has 0 spiro atoms. The number of nitrogens with one attached hydrogen (secondary N) is 1. The number of non-ortho nitro benzene ring substituents is 1. The van der Waals surface area contributed by atoms with Crippen molar-refractivity contribution in [1.82, 2.24) is 5.32 Å². The van der Waals surface area contributed by atoms with E-state index in [-0.39, 0.29) is 10.6 Å². The van der Waals surface area contributed by atoms with E-state index < -0.39 is 0 Å². The topological polar surface area (TPSA) is 58.4 Å². The van der Waals surface area contributed by atoms with Crippen LogP contribution in [0.15, 0.2) is 36.5 Å². The number of nitro benzene ring substituents is 1. The Morgan fingerprint density at radius 3 is 2.65 bits per heavy atom. The first-order valence-electron chi connectivity index (χ1n) is 5.50. The molecule has 1 aliphatic heterocycles. The number of rotatable bonds is 2. The quantitative estimate of drug-likeness (QED) is 0.626. The highest BCUT2D eigenvalue weighted by Gasteiger charge is 2.18. The Morgan fingerprint density at radius 2 is 2.12 bits per heavy atom. The van der Waals surface area contributed by atoms with Crippen molar-refractivity contribution in [1.29, 1.82) is 0 Å². The number of benzene rings is 1. The van der Waals surface area contributed by atoms with E-state index in [9.17, 15) is 10.1 Å². The van der Waals surface area contributed by atoms with Crippen LogP contribution in [0.4, 0.5) is 11.4 Å². The van der Waals surface area contributed by atoms with E-state index in [0.717, 1.165) is 24.5 Å². The van der Waals surface area contributed by atoms with E-state index in [1.54, 1.807) is 12.1 Å². The van der Waals surface area contributed by atoms with Gasteiger partial charge in [0, 0.05) is 36.1 Å². The Balaban J connectivity index is 2.16. The van der Waals surface area contributed by atoms with Crippen molar-refractivity contribution in [3.63, 3.8) is 0 Å². The van der Waals surface area contributed by atoms with Gasteiger partial charge < -0.3 is 10.2 Å². The maximum absolute atomic E-state index is 10.6. The smallest absolute Gasteiger partial charge is 0.269 e. The van der Waals surface area contributed by atoms with Crippen molar-refractivity contribution >= 4 is 11.4 Å². The number of anilines is 1. The fraction of sp³-hybridized carbons (Fsp3) is 0.333. The molecular formula is C12H15N3O2. The molecule has 0 amide bonds. The molecule has 5 nitrogen and oxygen atoms in total. The minimum Gasteiger partial charge on any atom is -0.383 e. The number of hydrogen-bond donors (Lipinski definition) is 1. The number of piperazine rings is 1. The average Bonchev–Trinajstić information content (AvgIpc) is 2.28. The van der Waals surface area contributed by atoms with Crippen molar-refractivity contribution in [2.24, 2.45) is 0 Å². The largest absolute Gasteiger partial charge is 0.383 e. The summed E-state index contributed by atoms with van der Waals surface area (Å²) < 4.78 is 0. The zero-order chi connectivity index (χ0) is 12.4. The van der Waals surface area contributed by atoms with Gasteiger partial charge in [0.15, 0.2) is 0 Å². The Kier molecular flexibility index (Phi) is 2.99. The van der Waals surface area contributed by atoms with Gasteiger partial charge in [-0.15, -0.1) is 0 Å². The summed E-state index contributed by atoms with van der Waals surface area (Å²) in [5, 5.41) is 13.8. The second kappa shape index (κ2) is 4.45. The van der Waals surface area contributed by atoms with Gasteiger partial charge in [-0.05, 0) is 19.1 Å². The van der Waals surface area contributed by atoms with Gasteiger partial charge in [0.1, 0.15) is 0 Å². The zero-order valence-corrected chi connectivity index (χ0v) is 9.72. The predicted octanol–water partition coefficient (Wildman–Crippen LogP) is 1.91. The van der Waals surface area contributed by atoms with Crippen molar-refractivity contribution in [3.05, 3.63) is 46.7 Å². The van der Waals surface area contributed by atoms with Crippen LogP contribution < -0.4 is 10.2 Å². The van der Waals surface area contributed by atoms with Gasteiger partial charge >= 0.3 is 0 Å². The molecule has 0 saturated carbocycles. The van der Waals surface area contributed by atoms with Gasteiger partial charge in [-0.25, -0.2) is 0 Å². The second-order valence-corrected chi connectivity index (χ2v) is 4.30. The fourth-order valence-corrected chi connectivity index (χ4v) is 2.05. The van der Waals surface area contributed by atoms with Gasteiger partial charge in [0.25, 0.3) is 5.69 Å². The van der Waals surface area contributed by atoms with Crippen LogP contribution in [0.3, 0.4) is 0 Å². The van der Waals surface area contributed by atoms with Crippen molar-refractivity contribution in [2.75, 3.05) is 18.0 Å². The van der Waals surface area contributed by atoms with E-state index >= 15 is 0 Å². The highest BCUT2D eigenvalue weighted by molar-refractivity contribution is 5.52. The monoisotopic (exact) mass is 233 g/mol. The summed E-state index contributed by atoms with van der Waals surface area (Å²) in [6.07, 6.45) is 0. The first-order chi connectivity index (χ1) is 8.06. The normalized spacial score (nSPS) is 19.9. The van der Waals surface area contributed by atoms with E-state index in [4.69, 9.17) is 0 Å². The first-order valence-corrected chi connectivity index (χ1v) is 5.50. The lowest BCUT2D eigenvalue weighted by Gasteiger charge is -2.35. The lowest BCUT2D eigenvalue weighted by molar-refractivity contribution is -0.384. The lowest BCUT2D eigenvalue weighted by Crippen LogP contribution is -2.47. The summed E-state index contributed by atoms with van der Waals surface area (Å²) in [5.74, 6) is 0. The van der Waals surface area contributed by atoms with Gasteiger partial charge in [-0.3, -0.25) is 10.1 Å². The van der Waals surface area contributed by atoms with Crippen LogP contribution in [-0.4, -0.2) is 24.1 Å². The molecule has 1 aromatic carbocycles. The third-order valence-corrected chi connectivity index (χ3v) is 2.75. The molecule has 1 fully saturated rings. The number of hydrogen-bond acceptors (Lipinski definition) is 4. The molecular weight excluding hydrogens is 218 g/mol. The third kappa shape index (κ3) is 2.55. The van der Waals surface area contributed by atoms with Crippen LogP contribution in [0.2, 0.25) is 0 Å². The SMILES string of the molecule is C=C1CN(c2ccc([N+](=O)[O-])cc2)CC(C)N1. The molecule has 5 heteroatoms. The molecule has 90 valence electrons. The van der Waals surface area contributed by atoms with E-state index in [1.807, 2.05) is 0 Å². The Labute approximate surface area is 99.9 Å². The summed E-state index contributed by atoms with van der Waals surface area (Å²) in [5.41, 5.74) is 2.09. The molecule has 1 aromatic rings. The molecule has 0 aromatic heterocycles. The Hall–Kier alpha value is -2.04. The van der Waals surface area contributed by atoms with E-state index in [0.29, 0.717) is 6.04 Å². The molecule has 0 bridgehead atoms. The molecule has 0 aliphatic carbocycles. The molecule has 1 saturated heterocycles. The summed E-state index contributed by atoms with van der Waals surface area (Å²) >= 11 is 0. The molecule has 2 rings (SSSR count). The van der Waals surface area contributed by atoms with Crippen molar-refractivity contribution in [3.8, 4) is 0 Å². The van der Waals surface area contributed by atoms with E-state index in [1.165, 1.54) is 12.1 Å². The standard InChI is InChI=1S/C12H15N3O2/c1-9-7-14(8-10(2)13-9)11-3-5-12(6-4-11)15(16)17/h3-6,10,13H,1,7-8H2,2H3. The molecule has 0 radical (unpaired) electrons. The van der Waals surface area contributed by atoms with Crippen LogP contribution in [0.5, 0.6) is 0 Å². The first kappa shape index (κ1) is 11.4. The molecule has 1 aliphatic rings. The number of nitro groups is 1. The summed E-state index contributed by atoms with van der Waals surface area (Å²) in [4.78, 5) is 12.3. The van der Waals surface area contributed by atoms with Gasteiger partial charge in [-0.1, -0.05) is 6.58 Å². The van der Waals surface area contributed by atoms with Crippen LogP contribution in [0.25, 0.3) is 0 Å². The summed E-state index contributed by atoms with van der Waals surface area (Å²) in [6.45, 7) is 7.62. The number of nitrogens with zero attached hydrogens (tertiary/aromatic N) is 2. The minimum atomic E-state index is -0.386. The maximum Gasteiger partial charge on any atom is 0.269 e. The van der Waals surface area contributed by atoms with Crippen LogP contribution in [0, 0.1) is 10.1 Å². The predicted molar refractivity (Wildman–Crippen MR) is 67.0 cm³/mol. The Morgan fingerprint density at radius 1 is 1.47 bits per heavy atom. The molecule has 17 heavy (non-hydrogen) atoms. The lowest BCUT2D eigenvalue weighted by atomic mass is 10.1. The van der Waals surface area contributed by atoms with Gasteiger partial charge in [0.05, 0.1) is 11.5 Å². The third-order valence-electron chi connectivity index (χ3n) is 2.75. The Bertz CT molecular complexity index is 442. The summed E-state index contributed by atoms with van der Waals surface area (Å²) in [7, 11) is 0. The van der Waals surface area contributed by atoms with Gasteiger partial charge in [-0.2, -0.15) is 0 Å². The van der Waals surface area contributed by atoms with Crippen LogP contribution >= 0.6 is 0 Å². The molecule has 1 heterocycles. The van der Waals surface area contributed by atoms with E-state index in [2.05, 4.69) is 23.7 Å². The molecule has 1 N–H and O–H groups in total. The van der Waals surface area contributed by atoms with Crippen LogP contribution in [0.1, 0.15) is 6.92 Å². The zero-order valence-electron chi connectivity index (χ0n) is 9.72. The molecule has 1 atom stereocenters. The minimum absolute atomic E-state index is 0.121. The summed E-state index contributed by atoms with van der Waals surface area (Å²) in [6, 6.07) is 6.97. The highest BCUT2D eigenvalue weighted by Crippen LogP contribution is 2.21. The maximum atomic E-state index is 10.6.